The minimum atomic E-state index is -3.95. The topological polar surface area (TPSA) is 240 Å². The minimum absolute atomic E-state index is 0.00562. The molecule has 2 unspecified atom stereocenters. The molecule has 3 aromatic heterocycles. The van der Waals surface area contributed by atoms with Crippen LogP contribution in [0.25, 0.3) is 11.2 Å². The van der Waals surface area contributed by atoms with Gasteiger partial charge in [0.1, 0.15) is 18.5 Å². The molecule has 332 valence electrons. The summed E-state index contributed by atoms with van der Waals surface area (Å²) in [6.45, 7) is 7.92. The van der Waals surface area contributed by atoms with Crippen LogP contribution in [0.5, 0.6) is 5.88 Å². The first-order valence-electron chi connectivity index (χ1n) is 20.2. The summed E-state index contributed by atoms with van der Waals surface area (Å²) in [7, 11) is -6.97. The second kappa shape index (κ2) is 19.4. The number of nitrogens with zero attached hydrogens (tertiary/aromatic N) is 7. The summed E-state index contributed by atoms with van der Waals surface area (Å²) in [5, 5.41) is 18.1. The van der Waals surface area contributed by atoms with E-state index in [1.165, 1.54) is 17.3 Å². The number of hydrogen-bond acceptors (Lipinski definition) is 18. The Morgan fingerprint density at radius 1 is 1.02 bits per heavy atom. The van der Waals surface area contributed by atoms with Crippen LogP contribution in [0, 0.1) is 23.2 Å². The highest BCUT2D eigenvalue weighted by Crippen LogP contribution is 2.59. The van der Waals surface area contributed by atoms with Gasteiger partial charge in [0.15, 0.2) is 11.2 Å². The molecule has 0 spiro atoms. The lowest BCUT2D eigenvalue weighted by molar-refractivity contribution is -0.0104. The van der Waals surface area contributed by atoms with Crippen molar-refractivity contribution in [2.75, 3.05) is 19.8 Å². The summed E-state index contributed by atoms with van der Waals surface area (Å²) < 4.78 is 54.6. The number of hydrogen-bond donors (Lipinski definition) is 3. The third kappa shape index (κ3) is 10.3. The van der Waals surface area contributed by atoms with Gasteiger partial charge in [-0.2, -0.15) is 5.26 Å². The van der Waals surface area contributed by atoms with Crippen molar-refractivity contribution in [1.82, 2.24) is 34.9 Å². The van der Waals surface area contributed by atoms with E-state index in [1.54, 1.807) is 12.3 Å². The summed E-state index contributed by atoms with van der Waals surface area (Å²) in [6, 6.07) is 2.97. The van der Waals surface area contributed by atoms with Crippen LogP contribution >= 0.6 is 13.4 Å². The molecule has 1 aliphatic heterocycles. The molecule has 0 aromatic carbocycles. The Hall–Kier alpha value is -1.98. The molecular formula is C35H56N8O11P2S2Si2. The van der Waals surface area contributed by atoms with Crippen LogP contribution in [0.4, 0.5) is 0 Å². The Bertz CT molecular complexity index is 2120. The molecule has 3 aromatic rings. The fraction of sp³-hybridized carbons (Fsp3) is 0.743. The smallest absolute Gasteiger partial charge is 0.335 e. The maximum Gasteiger partial charge on any atom is 0.335 e. The first kappa shape index (κ1) is 47.5. The van der Waals surface area contributed by atoms with Gasteiger partial charge >= 0.3 is 30.6 Å². The van der Waals surface area contributed by atoms with Crippen molar-refractivity contribution < 1.29 is 45.6 Å². The van der Waals surface area contributed by atoms with Crippen LogP contribution in [-0.4, -0.2) is 106 Å². The zero-order chi connectivity index (χ0) is 43.6. The molecule has 1 saturated heterocycles. The van der Waals surface area contributed by atoms with E-state index < -0.39 is 78.4 Å². The molecule has 9 atom stereocenters. The fourth-order valence-electron chi connectivity index (χ4n) is 8.32. The van der Waals surface area contributed by atoms with Crippen molar-refractivity contribution in [2.45, 2.75) is 134 Å². The summed E-state index contributed by atoms with van der Waals surface area (Å²) in [5.74, 6) is -0.643. The van der Waals surface area contributed by atoms with E-state index in [-0.39, 0.29) is 66.0 Å². The summed E-state index contributed by atoms with van der Waals surface area (Å²) in [4.78, 5) is 52.1. The average Bonchev–Trinajstić information content (AvgIpc) is 3.88. The van der Waals surface area contributed by atoms with Gasteiger partial charge in [-0.05, 0) is 58.6 Å². The molecule has 2 aliphatic carbocycles. The summed E-state index contributed by atoms with van der Waals surface area (Å²) >= 11 is 11.9. The van der Waals surface area contributed by atoms with Gasteiger partial charge in [0, 0.05) is 30.5 Å². The number of fused-ring (bicyclic) bond motifs is 4. The number of ether oxygens (including phenoxy) is 1. The van der Waals surface area contributed by atoms with Gasteiger partial charge in [0.05, 0.1) is 56.9 Å². The Kier molecular flexibility index (Phi) is 15.4. The highest BCUT2D eigenvalue weighted by Gasteiger charge is 2.60. The number of nitriles is 1. The third-order valence-electron chi connectivity index (χ3n) is 11.5. The first-order chi connectivity index (χ1) is 28.3. The molecule has 4 heterocycles. The van der Waals surface area contributed by atoms with Crippen molar-refractivity contribution in [3.63, 3.8) is 0 Å². The van der Waals surface area contributed by atoms with Crippen LogP contribution in [0.2, 0.25) is 22.2 Å². The molecule has 0 amide bonds. The van der Waals surface area contributed by atoms with E-state index in [0.717, 1.165) is 0 Å². The van der Waals surface area contributed by atoms with E-state index in [1.807, 2.05) is 55.4 Å². The van der Waals surface area contributed by atoms with Gasteiger partial charge in [0.2, 0.25) is 5.88 Å². The van der Waals surface area contributed by atoms with E-state index in [9.17, 15) is 19.7 Å². The molecule has 3 N–H and O–H groups in total. The summed E-state index contributed by atoms with van der Waals surface area (Å²) in [5.41, 5.74) is -0.991. The van der Waals surface area contributed by atoms with Crippen molar-refractivity contribution >= 4 is 65.3 Å². The van der Waals surface area contributed by atoms with Crippen LogP contribution < -0.4 is 10.3 Å². The van der Waals surface area contributed by atoms with Crippen molar-refractivity contribution in [3.05, 3.63) is 35.3 Å². The zero-order valence-electron chi connectivity index (χ0n) is 35.0. The zero-order valence-corrected chi connectivity index (χ0v) is 40.4. The average molecular weight is 947 g/mol. The van der Waals surface area contributed by atoms with E-state index >= 15 is 0 Å². The predicted molar refractivity (Wildman–Crippen MR) is 231 cm³/mol. The Labute approximate surface area is 362 Å². The van der Waals surface area contributed by atoms with Gasteiger partial charge in [-0.15, -0.1) is 5.10 Å². The SMILES string of the molecule is CC(C)[Si](O)(O[Si](O[C@@H]1C2COP(O)(=S)O[C@H]3C[C@H](Oc4ccncn4)C[C@@H]3CO[P@@](=S)(OCCC#N)O[C@H]1[C@H](n1nnc3c(=O)[nH]cnc31)C2)(C(C)C)C(C)C)C(C)C. The molecule has 2 saturated carbocycles. The van der Waals surface area contributed by atoms with Gasteiger partial charge < -0.3 is 50.6 Å². The normalized spacial score (nSPS) is 30.6. The Balaban J connectivity index is 1.47. The van der Waals surface area contributed by atoms with Gasteiger partial charge in [0.25, 0.3) is 5.56 Å². The number of aromatic nitrogens is 7. The minimum Gasteiger partial charge on any atom is -0.474 e. The molecule has 0 radical (unpaired) electrons. The van der Waals surface area contributed by atoms with E-state index in [4.69, 9.17) is 59.5 Å². The standard InChI is InChI=1S/C35H56N8O11P2S2Si2/c1-21(2)59(46,22(3)4)54-60(23(5)6,24(7)8)53-32-26-15-28(43-34-31(41-42-43)35(44)40-20-39-34)33(32)52-56(58,47-13-9-11-36)49-17-25-14-27(50-30-10-12-37-19-38-30)16-29(25)51-55(45,57)48-18-26/h10,12,19-29,32-33,46H,9,13-18H2,1-8H3,(H,45,57)(H,39,40,44)/t25-,26?,27-,28-,29+,32-,33+,55?,56+/m1/s1. The number of aromatic amines is 1. The van der Waals surface area contributed by atoms with Crippen molar-refractivity contribution in [3.8, 4) is 11.9 Å². The first-order valence-corrected chi connectivity index (χ1v) is 29.4. The highest BCUT2D eigenvalue weighted by atomic mass is 32.5. The van der Waals surface area contributed by atoms with Crippen LogP contribution in [0.15, 0.2) is 29.7 Å². The Morgan fingerprint density at radius 2 is 1.73 bits per heavy atom. The number of rotatable bonds is 14. The molecular weight excluding hydrogens is 891 g/mol. The van der Waals surface area contributed by atoms with Crippen molar-refractivity contribution in [2.24, 2.45) is 11.8 Å². The van der Waals surface area contributed by atoms with Crippen LogP contribution in [0.3, 0.4) is 0 Å². The van der Waals surface area contributed by atoms with Gasteiger partial charge in [-0.25, -0.2) is 19.6 Å². The monoisotopic (exact) mass is 946 g/mol. The molecule has 3 fully saturated rings. The second-order valence-corrected chi connectivity index (χ2v) is 31.1. The molecule has 60 heavy (non-hydrogen) atoms. The molecule has 3 aliphatic rings. The molecule has 6 rings (SSSR count). The molecule has 2 bridgehead atoms. The maximum absolute atomic E-state index is 12.9. The maximum atomic E-state index is 12.9. The lowest BCUT2D eigenvalue weighted by Crippen LogP contribution is -2.62. The second-order valence-electron chi connectivity index (χ2n) is 16.8. The predicted octanol–water partition coefficient (Wildman–Crippen LogP) is 5.83. The van der Waals surface area contributed by atoms with E-state index in [0.29, 0.717) is 18.7 Å². The van der Waals surface area contributed by atoms with Gasteiger partial charge in [-0.1, -0.05) is 60.6 Å². The number of nitrogens with one attached hydrogen (secondary N) is 1. The summed E-state index contributed by atoms with van der Waals surface area (Å²) in [6.07, 6.45) is 2.19. The largest absolute Gasteiger partial charge is 0.474 e. The highest BCUT2D eigenvalue weighted by molar-refractivity contribution is 8.07. The lowest BCUT2D eigenvalue weighted by atomic mass is 10.1. The molecule has 19 nitrogen and oxygen atoms in total. The van der Waals surface area contributed by atoms with Crippen molar-refractivity contribution in [1.29, 1.82) is 5.26 Å². The van der Waals surface area contributed by atoms with Gasteiger partial charge in [-0.3, -0.25) is 4.79 Å². The fourth-order valence-corrected chi connectivity index (χ4v) is 22.0. The Morgan fingerprint density at radius 3 is 2.38 bits per heavy atom. The quantitative estimate of drug-likeness (QED) is 0.0978. The molecule has 25 heteroatoms. The van der Waals surface area contributed by atoms with Crippen LogP contribution in [-0.2, 0) is 54.8 Å². The number of H-pyrrole nitrogens is 1. The third-order valence-corrected chi connectivity index (χ3v) is 25.2. The van der Waals surface area contributed by atoms with Crippen LogP contribution in [0.1, 0.15) is 87.1 Å². The lowest BCUT2D eigenvalue weighted by Gasteiger charge is -2.48. The van der Waals surface area contributed by atoms with E-state index in [2.05, 4.69) is 36.3 Å².